The summed E-state index contributed by atoms with van der Waals surface area (Å²) in [6, 6.07) is 4.94. The van der Waals surface area contributed by atoms with Gasteiger partial charge in [0.2, 0.25) is 0 Å². The maximum Gasteiger partial charge on any atom is 0.329 e. The summed E-state index contributed by atoms with van der Waals surface area (Å²) in [5.41, 5.74) is 1.06. The molecule has 21 heavy (non-hydrogen) atoms. The summed E-state index contributed by atoms with van der Waals surface area (Å²) in [5, 5.41) is 8.61. The molecule has 1 aliphatic heterocycles. The third kappa shape index (κ3) is 4.49. The molecule has 1 aromatic carbocycles. The largest absolute Gasteiger partial charge is 0.480 e. The van der Waals surface area contributed by atoms with Gasteiger partial charge in [0, 0.05) is 23.6 Å². The number of rotatable bonds is 5. The minimum absolute atomic E-state index is 0.0150. The van der Waals surface area contributed by atoms with Crippen LogP contribution in [-0.2, 0) is 9.53 Å². The van der Waals surface area contributed by atoms with Crippen LogP contribution in [-0.4, -0.2) is 41.8 Å². The minimum atomic E-state index is -0.930. The molecule has 0 amide bonds. The van der Waals surface area contributed by atoms with Crippen molar-refractivity contribution in [3.8, 4) is 0 Å². The number of carboxylic acids is 1. The number of carbonyl (C=O) groups is 1. The highest BCUT2D eigenvalue weighted by atomic mass is 79.9. The lowest BCUT2D eigenvalue weighted by Crippen LogP contribution is -2.39. The van der Waals surface area contributed by atoms with E-state index in [2.05, 4.69) is 27.8 Å². The number of aliphatic carboxylic acids is 1. The molecular weight excluding hydrogens is 341 g/mol. The first-order valence-electron chi connectivity index (χ1n) is 6.99. The summed E-state index contributed by atoms with van der Waals surface area (Å²) in [5.74, 6) is -1.18. The standard InChI is InChI=1S/C15H19BrFNO3/c1-10(13-3-2-11(17)8-14(13)16)18-6-4-12(5-7-18)21-9-15(19)20/h2-3,8,10,12H,4-7,9H2,1H3,(H,19,20). The molecule has 0 saturated carbocycles. The van der Waals surface area contributed by atoms with Gasteiger partial charge in [-0.1, -0.05) is 22.0 Å². The zero-order chi connectivity index (χ0) is 15.4. The minimum Gasteiger partial charge on any atom is -0.480 e. The Morgan fingerprint density at radius 2 is 2.19 bits per heavy atom. The van der Waals surface area contributed by atoms with E-state index in [1.807, 2.05) is 0 Å². The molecule has 1 aliphatic rings. The average molecular weight is 360 g/mol. The van der Waals surface area contributed by atoms with Crippen LogP contribution in [0.2, 0.25) is 0 Å². The molecule has 6 heteroatoms. The Bertz CT molecular complexity index is 504. The van der Waals surface area contributed by atoms with Crippen LogP contribution in [0.5, 0.6) is 0 Å². The molecule has 0 aromatic heterocycles. The fourth-order valence-electron chi connectivity index (χ4n) is 2.66. The molecule has 1 atom stereocenters. The van der Waals surface area contributed by atoms with Gasteiger partial charge in [-0.15, -0.1) is 0 Å². The van der Waals surface area contributed by atoms with Gasteiger partial charge < -0.3 is 9.84 Å². The Hall–Kier alpha value is -0.980. The van der Waals surface area contributed by atoms with Crippen LogP contribution in [0.4, 0.5) is 4.39 Å². The first kappa shape index (κ1) is 16.4. The van der Waals surface area contributed by atoms with Crippen molar-refractivity contribution < 1.29 is 19.0 Å². The van der Waals surface area contributed by atoms with E-state index in [1.165, 1.54) is 12.1 Å². The number of halogens is 2. The highest BCUT2D eigenvalue weighted by molar-refractivity contribution is 9.10. The van der Waals surface area contributed by atoms with Gasteiger partial charge in [-0.05, 0) is 37.5 Å². The van der Waals surface area contributed by atoms with Crippen molar-refractivity contribution in [1.29, 1.82) is 0 Å². The zero-order valence-electron chi connectivity index (χ0n) is 11.9. The first-order valence-corrected chi connectivity index (χ1v) is 7.79. The van der Waals surface area contributed by atoms with Crippen molar-refractivity contribution in [2.45, 2.75) is 31.9 Å². The van der Waals surface area contributed by atoms with Gasteiger partial charge >= 0.3 is 5.97 Å². The van der Waals surface area contributed by atoms with E-state index in [1.54, 1.807) is 6.07 Å². The van der Waals surface area contributed by atoms with E-state index in [-0.39, 0.29) is 24.6 Å². The predicted molar refractivity (Wildman–Crippen MR) is 80.7 cm³/mol. The third-order valence-corrected chi connectivity index (χ3v) is 4.57. The molecule has 0 bridgehead atoms. The number of hydrogen-bond donors (Lipinski definition) is 1. The van der Waals surface area contributed by atoms with E-state index in [0.29, 0.717) is 0 Å². The van der Waals surface area contributed by atoms with Crippen molar-refractivity contribution >= 4 is 21.9 Å². The number of hydrogen-bond acceptors (Lipinski definition) is 3. The van der Waals surface area contributed by atoms with Crippen LogP contribution in [0.25, 0.3) is 0 Å². The van der Waals surface area contributed by atoms with Crippen LogP contribution in [0.3, 0.4) is 0 Å². The van der Waals surface area contributed by atoms with Gasteiger partial charge in [0.15, 0.2) is 0 Å². The molecule has 4 nitrogen and oxygen atoms in total. The smallest absolute Gasteiger partial charge is 0.329 e. The second-order valence-corrected chi connectivity index (χ2v) is 6.14. The van der Waals surface area contributed by atoms with Crippen molar-refractivity contribution in [2.24, 2.45) is 0 Å². The molecule has 1 fully saturated rings. The fourth-order valence-corrected chi connectivity index (χ4v) is 3.34. The van der Waals surface area contributed by atoms with Crippen molar-refractivity contribution in [3.63, 3.8) is 0 Å². The van der Waals surface area contributed by atoms with Gasteiger partial charge in [0.25, 0.3) is 0 Å². The molecular formula is C15H19BrFNO3. The van der Waals surface area contributed by atoms with E-state index in [4.69, 9.17) is 9.84 Å². The van der Waals surface area contributed by atoms with Crippen molar-refractivity contribution in [1.82, 2.24) is 4.90 Å². The van der Waals surface area contributed by atoms with Crippen LogP contribution < -0.4 is 0 Å². The summed E-state index contributed by atoms with van der Waals surface area (Å²) >= 11 is 3.41. The Balaban J connectivity index is 1.90. The maximum absolute atomic E-state index is 13.1. The molecule has 2 rings (SSSR count). The molecule has 116 valence electrons. The molecule has 0 aliphatic carbocycles. The molecule has 0 radical (unpaired) electrons. The van der Waals surface area contributed by atoms with Gasteiger partial charge in [-0.3, -0.25) is 4.90 Å². The molecule has 1 unspecified atom stereocenters. The molecule has 1 saturated heterocycles. The summed E-state index contributed by atoms with van der Waals surface area (Å²) in [6.07, 6.45) is 1.65. The number of carboxylic acid groups (broad SMARTS) is 1. The summed E-state index contributed by atoms with van der Waals surface area (Å²) in [7, 11) is 0. The third-order valence-electron chi connectivity index (χ3n) is 3.88. The van der Waals surface area contributed by atoms with E-state index >= 15 is 0 Å². The lowest BCUT2D eigenvalue weighted by Gasteiger charge is -2.36. The highest BCUT2D eigenvalue weighted by Crippen LogP contribution is 2.30. The second kappa shape index (κ2) is 7.33. The summed E-state index contributed by atoms with van der Waals surface area (Å²) in [6.45, 7) is 3.55. The van der Waals surface area contributed by atoms with Gasteiger partial charge in [-0.2, -0.15) is 0 Å². The number of nitrogens with zero attached hydrogens (tertiary/aromatic N) is 1. The fraction of sp³-hybridized carbons (Fsp3) is 0.533. The Morgan fingerprint density at radius 1 is 1.52 bits per heavy atom. The Morgan fingerprint density at radius 3 is 2.76 bits per heavy atom. The Labute approximate surface area is 132 Å². The van der Waals surface area contributed by atoms with Crippen LogP contribution >= 0.6 is 15.9 Å². The number of benzene rings is 1. The quantitative estimate of drug-likeness (QED) is 0.876. The van der Waals surface area contributed by atoms with Crippen LogP contribution in [0, 0.1) is 5.82 Å². The predicted octanol–water partition coefficient (Wildman–Crippen LogP) is 3.21. The van der Waals surface area contributed by atoms with E-state index in [0.717, 1.165) is 36.0 Å². The van der Waals surface area contributed by atoms with Gasteiger partial charge in [0.1, 0.15) is 12.4 Å². The zero-order valence-corrected chi connectivity index (χ0v) is 13.5. The summed E-state index contributed by atoms with van der Waals surface area (Å²) < 4.78 is 19.3. The van der Waals surface area contributed by atoms with Gasteiger partial charge in [0.05, 0.1) is 6.10 Å². The van der Waals surface area contributed by atoms with Crippen molar-refractivity contribution in [2.75, 3.05) is 19.7 Å². The SMILES string of the molecule is CC(c1ccc(F)cc1Br)N1CCC(OCC(=O)O)CC1. The Kier molecular flexibility index (Phi) is 5.72. The second-order valence-electron chi connectivity index (χ2n) is 5.28. The molecule has 1 N–H and O–H groups in total. The highest BCUT2D eigenvalue weighted by Gasteiger charge is 2.25. The topological polar surface area (TPSA) is 49.8 Å². The van der Waals surface area contributed by atoms with E-state index < -0.39 is 5.97 Å². The molecule has 1 heterocycles. The maximum atomic E-state index is 13.1. The van der Waals surface area contributed by atoms with E-state index in [9.17, 15) is 9.18 Å². The lowest BCUT2D eigenvalue weighted by molar-refractivity contribution is -0.145. The average Bonchev–Trinajstić information content (AvgIpc) is 2.45. The molecule has 1 aromatic rings. The lowest BCUT2D eigenvalue weighted by atomic mass is 10.0. The van der Waals surface area contributed by atoms with Crippen molar-refractivity contribution in [3.05, 3.63) is 34.1 Å². The number of ether oxygens (including phenoxy) is 1. The van der Waals surface area contributed by atoms with Gasteiger partial charge in [-0.25, -0.2) is 9.18 Å². The van der Waals surface area contributed by atoms with Crippen LogP contribution in [0.15, 0.2) is 22.7 Å². The normalized spacial score (nSPS) is 18.6. The molecule has 0 spiro atoms. The summed E-state index contributed by atoms with van der Waals surface area (Å²) in [4.78, 5) is 12.8. The number of likely N-dealkylation sites (tertiary alicyclic amines) is 1. The van der Waals surface area contributed by atoms with Crippen LogP contribution in [0.1, 0.15) is 31.4 Å². The monoisotopic (exact) mass is 359 g/mol. The number of piperidine rings is 1. The first-order chi connectivity index (χ1) is 9.97.